The molecule has 0 saturated heterocycles. The van der Waals surface area contributed by atoms with E-state index in [9.17, 15) is 17.6 Å². The molecule has 3 heterocycles. The van der Waals surface area contributed by atoms with E-state index in [1.807, 2.05) is 13.8 Å². The minimum absolute atomic E-state index is 0.000221. The molecule has 0 aromatic carbocycles. The molecule has 28 heavy (non-hydrogen) atoms. The molecule has 0 bridgehead atoms. The minimum atomic E-state index is -4.60. The third-order valence-electron chi connectivity index (χ3n) is 3.28. The monoisotopic (exact) mass is 393 g/mol. The van der Waals surface area contributed by atoms with E-state index in [1.165, 1.54) is 24.4 Å². The van der Waals surface area contributed by atoms with Crippen molar-refractivity contribution in [3.05, 3.63) is 48.2 Å². The van der Waals surface area contributed by atoms with Crippen LogP contribution in [0.25, 0.3) is 11.5 Å². The zero-order valence-corrected chi connectivity index (χ0v) is 14.8. The van der Waals surface area contributed by atoms with E-state index in [4.69, 9.17) is 0 Å². The second-order valence-electron chi connectivity index (χ2n) is 6.03. The Morgan fingerprint density at radius 3 is 2.39 bits per heavy atom. The summed E-state index contributed by atoms with van der Waals surface area (Å²) in [6.07, 6.45) is -2.22. The number of pyridine rings is 2. The Balaban J connectivity index is 2.03. The third-order valence-corrected chi connectivity index (χ3v) is 3.28. The lowest BCUT2D eigenvalue weighted by atomic mass is 10.3. The van der Waals surface area contributed by atoms with Gasteiger partial charge in [-0.3, -0.25) is 4.98 Å². The molecule has 0 atom stereocenters. The Morgan fingerprint density at radius 1 is 0.964 bits per heavy atom. The molecule has 3 rings (SSSR count). The van der Waals surface area contributed by atoms with Crippen molar-refractivity contribution in [1.29, 1.82) is 0 Å². The summed E-state index contributed by atoms with van der Waals surface area (Å²) in [5, 5.41) is 5.71. The van der Waals surface area contributed by atoms with Gasteiger partial charge in [0.2, 0.25) is 11.9 Å². The fourth-order valence-electron chi connectivity index (χ4n) is 2.20. The smallest absolute Gasteiger partial charge is 0.352 e. The lowest BCUT2D eigenvalue weighted by molar-refractivity contribution is -0.141. The van der Waals surface area contributed by atoms with Crippen LogP contribution < -0.4 is 10.6 Å². The molecule has 0 aliphatic rings. The molecule has 0 aliphatic carbocycles. The normalized spacial score (nSPS) is 11.5. The van der Waals surface area contributed by atoms with Gasteiger partial charge in [-0.15, -0.1) is 0 Å². The van der Waals surface area contributed by atoms with Crippen molar-refractivity contribution >= 4 is 17.6 Å². The predicted molar refractivity (Wildman–Crippen MR) is 94.3 cm³/mol. The van der Waals surface area contributed by atoms with Crippen LogP contribution in [0.3, 0.4) is 0 Å². The summed E-state index contributed by atoms with van der Waals surface area (Å²) < 4.78 is 52.2. The van der Waals surface area contributed by atoms with Crippen molar-refractivity contribution < 1.29 is 17.6 Å². The molecule has 11 heteroatoms. The number of hydrogen-bond acceptors (Lipinski definition) is 7. The molecule has 0 fully saturated rings. The van der Waals surface area contributed by atoms with Crippen molar-refractivity contribution in [2.45, 2.75) is 26.1 Å². The topological polar surface area (TPSA) is 88.5 Å². The van der Waals surface area contributed by atoms with Crippen molar-refractivity contribution in [2.24, 2.45) is 0 Å². The van der Waals surface area contributed by atoms with Crippen LogP contribution in [0, 0.1) is 5.82 Å². The molecule has 3 aromatic heterocycles. The van der Waals surface area contributed by atoms with E-state index in [0.29, 0.717) is 0 Å². The highest BCUT2D eigenvalue weighted by Gasteiger charge is 2.32. The maximum atomic E-state index is 13.3. The van der Waals surface area contributed by atoms with Crippen LogP contribution in [0.4, 0.5) is 35.1 Å². The van der Waals surface area contributed by atoms with E-state index in [1.54, 1.807) is 0 Å². The van der Waals surface area contributed by atoms with Gasteiger partial charge in [-0.2, -0.15) is 28.1 Å². The van der Waals surface area contributed by atoms with Crippen LogP contribution >= 0.6 is 0 Å². The van der Waals surface area contributed by atoms with Gasteiger partial charge in [0.15, 0.2) is 5.82 Å². The Bertz CT molecular complexity index is 976. The van der Waals surface area contributed by atoms with Crippen molar-refractivity contribution in [1.82, 2.24) is 24.9 Å². The molecule has 0 saturated carbocycles. The maximum absolute atomic E-state index is 13.3. The molecular formula is C17H15F4N7. The first kappa shape index (κ1) is 19.4. The molecule has 0 spiro atoms. The highest BCUT2D eigenvalue weighted by atomic mass is 19.4. The van der Waals surface area contributed by atoms with Crippen molar-refractivity contribution in [2.75, 3.05) is 10.6 Å². The van der Waals surface area contributed by atoms with Gasteiger partial charge in [0.1, 0.15) is 17.2 Å². The fourth-order valence-corrected chi connectivity index (χ4v) is 2.20. The summed E-state index contributed by atoms with van der Waals surface area (Å²) in [7, 11) is 0. The van der Waals surface area contributed by atoms with Crippen LogP contribution in [-0.2, 0) is 6.18 Å². The molecule has 7 nitrogen and oxygen atoms in total. The first-order chi connectivity index (χ1) is 13.2. The second-order valence-corrected chi connectivity index (χ2v) is 6.03. The maximum Gasteiger partial charge on any atom is 0.433 e. The van der Waals surface area contributed by atoms with Gasteiger partial charge < -0.3 is 10.6 Å². The highest BCUT2D eigenvalue weighted by molar-refractivity contribution is 5.58. The predicted octanol–water partition coefficient (Wildman–Crippen LogP) is 4.05. The van der Waals surface area contributed by atoms with E-state index >= 15 is 0 Å². The van der Waals surface area contributed by atoms with Crippen molar-refractivity contribution in [3.8, 4) is 11.5 Å². The van der Waals surface area contributed by atoms with Gasteiger partial charge in [0.05, 0.1) is 18.1 Å². The summed E-state index contributed by atoms with van der Waals surface area (Å²) in [6, 6.07) is 4.56. The lowest BCUT2D eigenvalue weighted by Gasteiger charge is -2.12. The number of aromatic nitrogens is 5. The fraction of sp³-hybridized carbons (Fsp3) is 0.235. The Kier molecular flexibility index (Phi) is 5.34. The van der Waals surface area contributed by atoms with E-state index < -0.39 is 17.7 Å². The number of nitrogens with one attached hydrogen (secondary N) is 2. The van der Waals surface area contributed by atoms with Gasteiger partial charge in [-0.05, 0) is 26.0 Å². The average molecular weight is 393 g/mol. The quantitative estimate of drug-likeness (QED) is 0.632. The minimum Gasteiger partial charge on any atom is -0.352 e. The zero-order valence-electron chi connectivity index (χ0n) is 14.8. The molecular weight excluding hydrogens is 378 g/mol. The number of rotatable bonds is 5. The molecule has 0 amide bonds. The van der Waals surface area contributed by atoms with Crippen LogP contribution in [0.1, 0.15) is 19.5 Å². The Morgan fingerprint density at radius 2 is 1.71 bits per heavy atom. The number of hydrogen-bond donors (Lipinski definition) is 2. The average Bonchev–Trinajstić information content (AvgIpc) is 2.60. The van der Waals surface area contributed by atoms with E-state index in [2.05, 4.69) is 35.6 Å². The summed E-state index contributed by atoms with van der Waals surface area (Å²) in [5.74, 6) is -0.513. The van der Waals surface area contributed by atoms with Gasteiger partial charge in [-0.25, -0.2) is 9.37 Å². The summed E-state index contributed by atoms with van der Waals surface area (Å²) in [5.41, 5.74) is -0.873. The number of halogens is 4. The molecule has 3 aromatic rings. The third kappa shape index (κ3) is 4.87. The Labute approximate surface area is 157 Å². The van der Waals surface area contributed by atoms with E-state index in [0.717, 1.165) is 12.3 Å². The summed E-state index contributed by atoms with van der Waals surface area (Å²) in [4.78, 5) is 19.7. The van der Waals surface area contributed by atoms with Crippen LogP contribution in [0.2, 0.25) is 0 Å². The Hall–Kier alpha value is -3.37. The molecule has 2 N–H and O–H groups in total. The summed E-state index contributed by atoms with van der Waals surface area (Å²) >= 11 is 0. The van der Waals surface area contributed by atoms with Crippen LogP contribution in [0.5, 0.6) is 0 Å². The SMILES string of the molecule is CC(C)Nc1nc(Nc2cncc(F)c2)nc(-c2cccc(C(F)(F)F)n2)n1. The van der Waals surface area contributed by atoms with Gasteiger partial charge in [0.25, 0.3) is 0 Å². The second kappa shape index (κ2) is 7.71. The highest BCUT2D eigenvalue weighted by Crippen LogP contribution is 2.29. The molecule has 146 valence electrons. The molecule has 0 aliphatic heterocycles. The number of alkyl halides is 3. The number of nitrogens with zero attached hydrogens (tertiary/aromatic N) is 5. The van der Waals surface area contributed by atoms with E-state index in [-0.39, 0.29) is 35.1 Å². The van der Waals surface area contributed by atoms with Crippen molar-refractivity contribution in [3.63, 3.8) is 0 Å². The summed E-state index contributed by atoms with van der Waals surface area (Å²) in [6.45, 7) is 3.69. The van der Waals surface area contributed by atoms with Gasteiger partial charge in [-0.1, -0.05) is 6.07 Å². The van der Waals surface area contributed by atoms with Crippen LogP contribution in [-0.4, -0.2) is 31.0 Å². The standard InChI is InChI=1S/C17H15F4N7/c1-9(2)23-15-26-14(12-4-3-5-13(25-12)17(19,20)21)27-16(28-15)24-11-6-10(18)7-22-8-11/h3-9H,1-2H3,(H2,23,24,26,27,28). The van der Waals surface area contributed by atoms with Crippen LogP contribution in [0.15, 0.2) is 36.7 Å². The largest absolute Gasteiger partial charge is 0.433 e. The number of anilines is 3. The first-order valence-electron chi connectivity index (χ1n) is 8.15. The lowest BCUT2D eigenvalue weighted by Crippen LogP contribution is -2.15. The molecule has 0 radical (unpaired) electrons. The van der Waals surface area contributed by atoms with Gasteiger partial charge in [0, 0.05) is 12.1 Å². The van der Waals surface area contributed by atoms with Gasteiger partial charge >= 0.3 is 6.18 Å². The molecule has 0 unspecified atom stereocenters. The zero-order chi connectivity index (χ0) is 20.3. The first-order valence-corrected chi connectivity index (χ1v) is 8.15.